The van der Waals surface area contributed by atoms with Crippen molar-refractivity contribution < 1.29 is 4.79 Å². The number of amides is 1. The van der Waals surface area contributed by atoms with E-state index in [1.807, 2.05) is 17.4 Å². The molecule has 2 fully saturated rings. The van der Waals surface area contributed by atoms with E-state index in [9.17, 15) is 4.79 Å². The minimum atomic E-state index is 0.248. The van der Waals surface area contributed by atoms with Crippen molar-refractivity contribution in [3.05, 3.63) is 18.2 Å². The van der Waals surface area contributed by atoms with E-state index >= 15 is 0 Å². The van der Waals surface area contributed by atoms with E-state index in [2.05, 4.69) is 14.9 Å². The Morgan fingerprint density at radius 3 is 2.75 bits per heavy atom. The topological polar surface area (TPSA) is 50.2 Å². The Kier molecular flexibility index (Phi) is 4.35. The Labute approximate surface area is 120 Å². The van der Waals surface area contributed by atoms with Crippen molar-refractivity contribution in [1.82, 2.24) is 19.8 Å². The Morgan fingerprint density at radius 1 is 1.25 bits per heavy atom. The molecule has 0 aromatic carbocycles. The highest BCUT2D eigenvalue weighted by Crippen LogP contribution is 2.25. The largest absolute Gasteiger partial charge is 0.341 e. The van der Waals surface area contributed by atoms with Gasteiger partial charge in [-0.15, -0.1) is 0 Å². The number of rotatable bonds is 3. The molecule has 110 valence electrons. The Balaban J connectivity index is 1.65. The molecule has 0 spiro atoms. The zero-order valence-corrected chi connectivity index (χ0v) is 12.1. The fourth-order valence-corrected chi connectivity index (χ4v) is 3.31. The minimum Gasteiger partial charge on any atom is -0.341 e. The lowest BCUT2D eigenvalue weighted by Crippen LogP contribution is -2.38. The zero-order chi connectivity index (χ0) is 13.8. The molecule has 2 aliphatic rings. The van der Waals surface area contributed by atoms with Gasteiger partial charge >= 0.3 is 0 Å². The molecule has 2 saturated heterocycles. The highest BCUT2D eigenvalue weighted by molar-refractivity contribution is 5.76. The molecule has 0 atom stereocenters. The van der Waals surface area contributed by atoms with Gasteiger partial charge in [0.05, 0.1) is 6.33 Å². The summed E-state index contributed by atoms with van der Waals surface area (Å²) < 4.78 is 2.06. The third-order valence-electron chi connectivity index (χ3n) is 4.52. The predicted molar refractivity (Wildman–Crippen MR) is 77.5 cm³/mol. The van der Waals surface area contributed by atoms with Gasteiger partial charge in [-0.1, -0.05) is 0 Å². The summed E-state index contributed by atoms with van der Waals surface area (Å²) in [4.78, 5) is 18.6. The average molecular weight is 276 g/mol. The van der Waals surface area contributed by atoms with Crippen molar-refractivity contribution in [2.24, 2.45) is 0 Å². The van der Waals surface area contributed by atoms with E-state index in [0.29, 0.717) is 12.5 Å². The summed E-state index contributed by atoms with van der Waals surface area (Å²) in [6.07, 6.45) is 9.61. The van der Waals surface area contributed by atoms with Crippen LogP contribution >= 0.6 is 0 Å². The average Bonchev–Trinajstić information content (AvgIpc) is 2.97. The van der Waals surface area contributed by atoms with Gasteiger partial charge in [0.25, 0.3) is 0 Å². The molecule has 5 heteroatoms. The molecule has 20 heavy (non-hydrogen) atoms. The Bertz CT molecular complexity index is 444. The van der Waals surface area contributed by atoms with Crippen LogP contribution in [0.15, 0.2) is 12.5 Å². The van der Waals surface area contributed by atoms with Gasteiger partial charge in [0.2, 0.25) is 5.91 Å². The molecule has 1 amide bonds. The molecule has 3 heterocycles. The molecule has 1 N–H and O–H groups in total. The molecule has 2 aliphatic heterocycles. The lowest BCUT2D eigenvalue weighted by molar-refractivity contribution is -0.132. The summed E-state index contributed by atoms with van der Waals surface area (Å²) in [6, 6.07) is 0. The maximum absolute atomic E-state index is 12.4. The van der Waals surface area contributed by atoms with Crippen molar-refractivity contribution in [2.75, 3.05) is 26.2 Å². The van der Waals surface area contributed by atoms with Crippen LogP contribution in [0, 0.1) is 0 Å². The fraction of sp³-hybridized carbons (Fsp3) is 0.733. The van der Waals surface area contributed by atoms with Gasteiger partial charge < -0.3 is 14.8 Å². The summed E-state index contributed by atoms with van der Waals surface area (Å²) in [6.45, 7) is 4.44. The zero-order valence-electron chi connectivity index (χ0n) is 12.1. The van der Waals surface area contributed by atoms with Gasteiger partial charge in [-0.3, -0.25) is 4.79 Å². The summed E-state index contributed by atoms with van der Waals surface area (Å²) >= 11 is 0. The van der Waals surface area contributed by atoms with Crippen LogP contribution in [0.5, 0.6) is 0 Å². The number of imidazole rings is 1. The van der Waals surface area contributed by atoms with Gasteiger partial charge in [-0.05, 0) is 45.2 Å². The molecular formula is C15H24N4O. The van der Waals surface area contributed by atoms with E-state index in [4.69, 9.17) is 0 Å². The Morgan fingerprint density at radius 2 is 2.00 bits per heavy atom. The lowest BCUT2D eigenvalue weighted by Gasteiger charge is -2.28. The maximum atomic E-state index is 12.4. The number of hydrogen-bond donors (Lipinski definition) is 1. The molecule has 0 saturated carbocycles. The number of aromatic nitrogens is 2. The van der Waals surface area contributed by atoms with E-state index in [0.717, 1.165) is 51.9 Å². The first-order valence-corrected chi connectivity index (χ1v) is 7.83. The first-order valence-electron chi connectivity index (χ1n) is 7.83. The minimum absolute atomic E-state index is 0.248. The molecule has 0 bridgehead atoms. The number of likely N-dealkylation sites (tertiary alicyclic amines) is 1. The number of hydrogen-bond acceptors (Lipinski definition) is 3. The SMILES string of the molecule is O=C(Cn1cncc1C1CCNCC1)N1CCCCC1. The van der Waals surface area contributed by atoms with Crippen LogP contribution in [0.2, 0.25) is 0 Å². The van der Waals surface area contributed by atoms with Crippen molar-refractivity contribution in [2.45, 2.75) is 44.6 Å². The van der Waals surface area contributed by atoms with E-state index < -0.39 is 0 Å². The third-order valence-corrected chi connectivity index (χ3v) is 4.52. The quantitative estimate of drug-likeness (QED) is 0.907. The van der Waals surface area contributed by atoms with Gasteiger partial charge in [-0.25, -0.2) is 4.98 Å². The Hall–Kier alpha value is -1.36. The van der Waals surface area contributed by atoms with Crippen molar-refractivity contribution >= 4 is 5.91 Å². The van der Waals surface area contributed by atoms with Gasteiger partial charge in [-0.2, -0.15) is 0 Å². The molecule has 0 aliphatic carbocycles. The predicted octanol–water partition coefficient (Wildman–Crippen LogP) is 1.36. The van der Waals surface area contributed by atoms with Crippen LogP contribution in [0.25, 0.3) is 0 Å². The second-order valence-electron chi connectivity index (χ2n) is 5.91. The van der Waals surface area contributed by atoms with Crippen LogP contribution in [0.4, 0.5) is 0 Å². The summed E-state index contributed by atoms with van der Waals surface area (Å²) in [5, 5.41) is 3.38. The molecule has 0 unspecified atom stereocenters. The van der Waals surface area contributed by atoms with E-state index in [1.54, 1.807) is 0 Å². The highest BCUT2D eigenvalue weighted by atomic mass is 16.2. The van der Waals surface area contributed by atoms with Crippen LogP contribution in [0.1, 0.15) is 43.7 Å². The van der Waals surface area contributed by atoms with E-state index in [-0.39, 0.29) is 5.91 Å². The van der Waals surface area contributed by atoms with E-state index in [1.165, 1.54) is 12.1 Å². The number of nitrogens with one attached hydrogen (secondary N) is 1. The van der Waals surface area contributed by atoms with Gasteiger partial charge in [0.1, 0.15) is 6.54 Å². The molecular weight excluding hydrogens is 252 g/mol. The van der Waals surface area contributed by atoms with Crippen LogP contribution in [-0.2, 0) is 11.3 Å². The molecule has 5 nitrogen and oxygen atoms in total. The van der Waals surface area contributed by atoms with Crippen molar-refractivity contribution in [1.29, 1.82) is 0 Å². The highest BCUT2D eigenvalue weighted by Gasteiger charge is 2.22. The summed E-state index contributed by atoms with van der Waals surface area (Å²) in [5.41, 5.74) is 1.23. The number of piperidine rings is 2. The second-order valence-corrected chi connectivity index (χ2v) is 5.91. The molecule has 3 rings (SSSR count). The number of carbonyl (C=O) groups is 1. The summed E-state index contributed by atoms with van der Waals surface area (Å²) in [5.74, 6) is 0.797. The second kappa shape index (κ2) is 6.39. The van der Waals surface area contributed by atoms with Crippen molar-refractivity contribution in [3.8, 4) is 0 Å². The molecule has 1 aromatic heterocycles. The maximum Gasteiger partial charge on any atom is 0.242 e. The molecule has 0 radical (unpaired) electrons. The first kappa shape index (κ1) is 13.6. The van der Waals surface area contributed by atoms with Crippen LogP contribution in [0.3, 0.4) is 0 Å². The summed E-state index contributed by atoms with van der Waals surface area (Å²) in [7, 11) is 0. The molecule has 1 aromatic rings. The monoisotopic (exact) mass is 276 g/mol. The van der Waals surface area contributed by atoms with Gasteiger partial charge in [0.15, 0.2) is 0 Å². The lowest BCUT2D eigenvalue weighted by atomic mass is 9.95. The van der Waals surface area contributed by atoms with Crippen LogP contribution < -0.4 is 5.32 Å². The van der Waals surface area contributed by atoms with Gasteiger partial charge in [0, 0.05) is 30.9 Å². The normalized spacial score (nSPS) is 21.1. The smallest absolute Gasteiger partial charge is 0.242 e. The number of nitrogens with zero attached hydrogens (tertiary/aromatic N) is 3. The van der Waals surface area contributed by atoms with Crippen LogP contribution in [-0.4, -0.2) is 46.5 Å². The standard InChI is InChI=1S/C15H24N4O/c20-15(18-8-2-1-3-9-18)11-19-12-17-10-14(19)13-4-6-16-7-5-13/h10,12-13,16H,1-9,11H2. The van der Waals surface area contributed by atoms with Crippen molar-refractivity contribution in [3.63, 3.8) is 0 Å². The third kappa shape index (κ3) is 3.03. The first-order chi connectivity index (χ1) is 9.84. The number of carbonyl (C=O) groups excluding carboxylic acids is 1. The fourth-order valence-electron chi connectivity index (χ4n) is 3.31.